The zero-order valence-corrected chi connectivity index (χ0v) is 18.3. The molecule has 0 aromatic heterocycles. The third-order valence-corrected chi connectivity index (χ3v) is 9.37. The molecule has 5 heteroatoms. The van der Waals surface area contributed by atoms with Gasteiger partial charge < -0.3 is 20.0 Å². The molecule has 4 fully saturated rings. The first kappa shape index (κ1) is 20.6. The van der Waals surface area contributed by atoms with Gasteiger partial charge >= 0.3 is 0 Å². The highest BCUT2D eigenvalue weighted by atomic mass is 16.6. The molecule has 7 atom stereocenters. The van der Waals surface area contributed by atoms with Crippen LogP contribution in [0.2, 0.25) is 0 Å². The third-order valence-electron chi connectivity index (χ3n) is 9.37. The van der Waals surface area contributed by atoms with E-state index in [1.807, 2.05) is 14.1 Å². The molecule has 4 aliphatic carbocycles. The molecule has 0 radical (unpaired) electrons. The maximum Gasteiger partial charge on any atom is 0.129 e. The van der Waals surface area contributed by atoms with Crippen molar-refractivity contribution < 1.29 is 15.1 Å². The molecule has 4 aliphatic rings. The van der Waals surface area contributed by atoms with Crippen LogP contribution in [0.15, 0.2) is 5.16 Å². The smallest absolute Gasteiger partial charge is 0.129 e. The normalized spacial score (nSPS) is 49.6. The van der Waals surface area contributed by atoms with Gasteiger partial charge in [-0.2, -0.15) is 0 Å². The molecule has 4 saturated carbocycles. The molecule has 0 aliphatic heterocycles. The summed E-state index contributed by atoms with van der Waals surface area (Å²) in [6.07, 6.45) is 8.99. The SMILES string of the molecule is CN(C)CCO/N=C1/CC[C@]2(O)[C@@H]3CC[C@@H]4C[C@@H](O)CC[C@]4(C)[C@H]3CC[C@]12C. The van der Waals surface area contributed by atoms with Gasteiger partial charge in [-0.25, -0.2) is 0 Å². The van der Waals surface area contributed by atoms with Crippen molar-refractivity contribution in [1.29, 1.82) is 0 Å². The number of likely N-dealkylation sites (N-methyl/N-ethyl adjacent to an activating group) is 1. The molecule has 0 amide bonds. The zero-order valence-electron chi connectivity index (χ0n) is 18.3. The Morgan fingerprint density at radius 2 is 1.86 bits per heavy atom. The van der Waals surface area contributed by atoms with E-state index in [1.54, 1.807) is 0 Å². The van der Waals surface area contributed by atoms with Crippen LogP contribution in [-0.4, -0.2) is 59.8 Å². The lowest BCUT2D eigenvalue weighted by Gasteiger charge is -2.62. The Morgan fingerprint density at radius 3 is 2.61 bits per heavy atom. The third kappa shape index (κ3) is 3.04. The highest BCUT2D eigenvalue weighted by Crippen LogP contribution is 2.67. The summed E-state index contributed by atoms with van der Waals surface area (Å²) in [5, 5.41) is 26.8. The largest absolute Gasteiger partial charge is 0.394 e. The van der Waals surface area contributed by atoms with Gasteiger partial charge in [-0.05, 0) is 95.1 Å². The van der Waals surface area contributed by atoms with Crippen LogP contribution in [0.25, 0.3) is 0 Å². The summed E-state index contributed by atoms with van der Waals surface area (Å²) in [4.78, 5) is 7.74. The van der Waals surface area contributed by atoms with Crippen LogP contribution in [0, 0.1) is 28.6 Å². The molecule has 0 spiro atoms. The Balaban J connectivity index is 1.54. The lowest BCUT2D eigenvalue weighted by molar-refractivity contribution is -0.191. The van der Waals surface area contributed by atoms with E-state index in [9.17, 15) is 10.2 Å². The molecule has 160 valence electrons. The second-order valence-electron chi connectivity index (χ2n) is 10.9. The molecule has 4 rings (SSSR count). The van der Waals surface area contributed by atoms with E-state index in [0.29, 0.717) is 24.4 Å². The summed E-state index contributed by atoms with van der Waals surface area (Å²) in [6.45, 7) is 6.15. The number of rotatable bonds is 4. The van der Waals surface area contributed by atoms with Crippen LogP contribution in [0.3, 0.4) is 0 Å². The molecule has 0 heterocycles. The van der Waals surface area contributed by atoms with Crippen LogP contribution in [0.5, 0.6) is 0 Å². The van der Waals surface area contributed by atoms with Crippen molar-refractivity contribution >= 4 is 5.71 Å². The maximum atomic E-state index is 12.0. The predicted octanol–water partition coefficient (Wildman–Crippen LogP) is 3.44. The quantitative estimate of drug-likeness (QED) is 0.568. The van der Waals surface area contributed by atoms with E-state index in [2.05, 4.69) is 23.9 Å². The Morgan fingerprint density at radius 1 is 1.07 bits per heavy atom. The minimum Gasteiger partial charge on any atom is -0.394 e. The molecule has 0 unspecified atom stereocenters. The number of hydrogen-bond acceptors (Lipinski definition) is 5. The monoisotopic (exact) mass is 392 g/mol. The van der Waals surface area contributed by atoms with Gasteiger partial charge in [0, 0.05) is 12.0 Å². The summed E-state index contributed by atoms with van der Waals surface area (Å²) in [6, 6.07) is 0. The molecular weight excluding hydrogens is 352 g/mol. The summed E-state index contributed by atoms with van der Waals surface area (Å²) < 4.78 is 0. The number of hydrogen-bond donors (Lipinski definition) is 2. The zero-order chi connectivity index (χ0) is 20.2. The topological polar surface area (TPSA) is 65.3 Å². The fraction of sp³-hybridized carbons (Fsp3) is 0.957. The summed E-state index contributed by atoms with van der Waals surface area (Å²) >= 11 is 0. The highest BCUT2D eigenvalue weighted by Gasteiger charge is 2.66. The number of nitrogens with zero attached hydrogens (tertiary/aromatic N) is 2. The second-order valence-corrected chi connectivity index (χ2v) is 10.9. The molecule has 0 bridgehead atoms. The van der Waals surface area contributed by atoms with Crippen molar-refractivity contribution in [2.75, 3.05) is 27.2 Å². The van der Waals surface area contributed by atoms with Crippen molar-refractivity contribution in [3.8, 4) is 0 Å². The van der Waals surface area contributed by atoms with Gasteiger partial charge in [-0.15, -0.1) is 0 Å². The van der Waals surface area contributed by atoms with Crippen LogP contribution in [-0.2, 0) is 4.84 Å². The van der Waals surface area contributed by atoms with Gasteiger partial charge in [0.2, 0.25) is 0 Å². The summed E-state index contributed by atoms with van der Waals surface area (Å²) in [7, 11) is 4.07. The lowest BCUT2D eigenvalue weighted by Crippen LogP contribution is -2.62. The Labute approximate surface area is 170 Å². The minimum atomic E-state index is -0.649. The lowest BCUT2D eigenvalue weighted by atomic mass is 9.44. The molecule has 2 N–H and O–H groups in total. The molecule has 0 aromatic rings. The molecule has 0 saturated heterocycles. The fourth-order valence-corrected chi connectivity index (χ4v) is 7.48. The fourth-order valence-electron chi connectivity index (χ4n) is 7.48. The summed E-state index contributed by atoms with van der Waals surface area (Å²) in [5.74, 6) is 1.55. The van der Waals surface area contributed by atoms with E-state index in [1.165, 1.54) is 6.42 Å². The van der Waals surface area contributed by atoms with Gasteiger partial charge in [0.05, 0.1) is 17.4 Å². The number of fused-ring (bicyclic) bond motifs is 5. The van der Waals surface area contributed by atoms with Gasteiger partial charge in [-0.3, -0.25) is 0 Å². The van der Waals surface area contributed by atoms with Gasteiger partial charge in [0.25, 0.3) is 0 Å². The van der Waals surface area contributed by atoms with Crippen LogP contribution in [0.4, 0.5) is 0 Å². The Bertz CT molecular complexity index is 623. The molecule has 0 aromatic carbocycles. The first-order valence-electron chi connectivity index (χ1n) is 11.5. The highest BCUT2D eigenvalue weighted by molar-refractivity contribution is 5.93. The van der Waals surface area contributed by atoms with Crippen molar-refractivity contribution in [2.45, 2.75) is 83.3 Å². The van der Waals surface area contributed by atoms with E-state index >= 15 is 0 Å². The first-order chi connectivity index (χ1) is 13.2. The standard InChI is InChI=1S/C23H40N2O3/c1-21-10-7-17(26)15-16(21)5-6-19-18(21)8-11-22(2)20(9-12-23(19,22)27)24-28-14-13-25(3)4/h16-19,26-27H,5-15H2,1-4H3/b24-20-/t16-,17+,18+,19-,21+,22-,23+/m1/s1. The number of oxime groups is 1. The van der Waals surface area contributed by atoms with Gasteiger partial charge in [0.1, 0.15) is 6.61 Å². The Hall–Kier alpha value is -0.650. The number of aliphatic hydroxyl groups excluding tert-OH is 1. The van der Waals surface area contributed by atoms with E-state index in [4.69, 9.17) is 4.84 Å². The van der Waals surface area contributed by atoms with Crippen LogP contribution in [0.1, 0.15) is 71.6 Å². The van der Waals surface area contributed by atoms with Gasteiger partial charge in [-0.1, -0.05) is 19.0 Å². The van der Waals surface area contributed by atoms with Gasteiger partial charge in [0.15, 0.2) is 0 Å². The number of aliphatic hydroxyl groups is 2. The maximum absolute atomic E-state index is 12.0. The summed E-state index contributed by atoms with van der Waals surface area (Å²) in [5.41, 5.74) is 0.466. The van der Waals surface area contributed by atoms with Crippen molar-refractivity contribution in [3.63, 3.8) is 0 Å². The van der Waals surface area contributed by atoms with Crippen LogP contribution < -0.4 is 0 Å². The predicted molar refractivity (Wildman–Crippen MR) is 111 cm³/mol. The van der Waals surface area contributed by atoms with Crippen molar-refractivity contribution in [3.05, 3.63) is 0 Å². The van der Waals surface area contributed by atoms with Crippen molar-refractivity contribution in [2.24, 2.45) is 33.7 Å². The van der Waals surface area contributed by atoms with E-state index in [0.717, 1.165) is 63.6 Å². The van der Waals surface area contributed by atoms with E-state index < -0.39 is 5.60 Å². The van der Waals surface area contributed by atoms with Crippen molar-refractivity contribution in [1.82, 2.24) is 4.90 Å². The van der Waals surface area contributed by atoms with E-state index in [-0.39, 0.29) is 16.9 Å². The first-order valence-corrected chi connectivity index (χ1v) is 11.5. The molecule has 5 nitrogen and oxygen atoms in total. The molecule has 28 heavy (non-hydrogen) atoms. The average molecular weight is 393 g/mol. The molecular formula is C23H40N2O3. The second kappa shape index (κ2) is 7.24. The average Bonchev–Trinajstić information content (AvgIpc) is 2.90. The Kier molecular flexibility index (Phi) is 5.33. The minimum absolute atomic E-state index is 0.115. The van der Waals surface area contributed by atoms with Crippen LogP contribution >= 0.6 is 0 Å².